The molecule has 0 radical (unpaired) electrons. The fraction of sp³-hybridized carbons (Fsp3) is 1.00. The van der Waals surface area contributed by atoms with Crippen LogP contribution in [0.1, 0.15) is 78.6 Å². The number of likely N-dealkylation sites (tertiary alicyclic amines) is 1. The lowest BCUT2D eigenvalue weighted by Crippen LogP contribution is -2.46. The van der Waals surface area contributed by atoms with Crippen molar-refractivity contribution in [3.63, 3.8) is 0 Å². The summed E-state index contributed by atoms with van der Waals surface area (Å²) < 4.78 is 6.24. The highest BCUT2D eigenvalue weighted by molar-refractivity contribution is 4.97. The number of fused-ring (bicyclic) bond motifs is 2. The molecular weight excluding hydrogens is 350 g/mol. The summed E-state index contributed by atoms with van der Waals surface area (Å²) in [5.41, 5.74) is 0.456. The van der Waals surface area contributed by atoms with E-state index in [-0.39, 0.29) is 18.8 Å². The fourth-order valence-electron chi connectivity index (χ4n) is 6.69. The minimum atomic E-state index is -0.228. The quantitative estimate of drug-likeness (QED) is 0.577. The van der Waals surface area contributed by atoms with Crippen molar-refractivity contribution in [2.24, 2.45) is 29.1 Å². The van der Waals surface area contributed by atoms with Gasteiger partial charge < -0.3 is 14.9 Å². The van der Waals surface area contributed by atoms with Crippen LogP contribution in [0.4, 0.5) is 0 Å². The molecule has 1 saturated heterocycles. The Morgan fingerprint density at radius 1 is 1.04 bits per heavy atom. The zero-order valence-corrected chi connectivity index (χ0v) is 18.6. The first kappa shape index (κ1) is 22.5. The Morgan fingerprint density at radius 3 is 2.64 bits per heavy atom. The van der Waals surface area contributed by atoms with Crippen molar-refractivity contribution in [1.82, 2.24) is 4.90 Å². The molecule has 3 fully saturated rings. The molecule has 0 amide bonds. The van der Waals surface area contributed by atoms with E-state index in [4.69, 9.17) is 4.74 Å². The lowest BCUT2D eigenvalue weighted by Gasteiger charge is -2.52. The highest BCUT2D eigenvalue weighted by Crippen LogP contribution is 2.55. The Bertz CT molecular complexity index is 469. The molecule has 0 aromatic rings. The number of hydrogen-bond donors (Lipinski definition) is 2. The van der Waals surface area contributed by atoms with Crippen LogP contribution in [0.15, 0.2) is 0 Å². The Kier molecular flexibility index (Phi) is 8.23. The van der Waals surface area contributed by atoms with Gasteiger partial charge in [-0.3, -0.25) is 4.90 Å². The summed E-state index contributed by atoms with van der Waals surface area (Å²) >= 11 is 0. The molecule has 2 bridgehead atoms. The van der Waals surface area contributed by atoms with E-state index < -0.39 is 0 Å². The van der Waals surface area contributed by atoms with Crippen LogP contribution >= 0.6 is 0 Å². The average Bonchev–Trinajstić information content (AvgIpc) is 2.66. The van der Waals surface area contributed by atoms with Crippen LogP contribution < -0.4 is 0 Å². The molecule has 1 heterocycles. The lowest BCUT2D eigenvalue weighted by atomic mass is 9.54. The van der Waals surface area contributed by atoms with Gasteiger partial charge in [0.15, 0.2) is 0 Å². The molecule has 2 saturated carbocycles. The van der Waals surface area contributed by atoms with Crippen LogP contribution in [0.2, 0.25) is 0 Å². The first-order chi connectivity index (χ1) is 13.4. The maximum absolute atomic E-state index is 9.76. The SMILES string of the molecule is CC1CC2CC(COCCCCCN3CCC(O)CC3CO)(C1)CC(C)C2C. The van der Waals surface area contributed by atoms with Gasteiger partial charge in [0, 0.05) is 19.2 Å². The van der Waals surface area contributed by atoms with E-state index in [0.29, 0.717) is 5.41 Å². The number of aliphatic hydroxyl groups is 2. The van der Waals surface area contributed by atoms with Gasteiger partial charge in [0.1, 0.15) is 0 Å². The molecule has 3 aliphatic rings. The van der Waals surface area contributed by atoms with Crippen molar-refractivity contribution in [3.8, 4) is 0 Å². The monoisotopic (exact) mass is 395 g/mol. The first-order valence-corrected chi connectivity index (χ1v) is 12.0. The summed E-state index contributed by atoms with van der Waals surface area (Å²) in [5.74, 6) is 3.50. The van der Waals surface area contributed by atoms with Crippen LogP contribution in [0.25, 0.3) is 0 Å². The second-order valence-corrected chi connectivity index (χ2v) is 10.7. The minimum Gasteiger partial charge on any atom is -0.395 e. The number of aliphatic hydroxyl groups excluding tert-OH is 2. The third-order valence-electron chi connectivity index (χ3n) is 8.24. The zero-order chi connectivity index (χ0) is 20.1. The summed E-state index contributed by atoms with van der Waals surface area (Å²) in [6, 6.07) is 0.149. The van der Waals surface area contributed by atoms with Crippen molar-refractivity contribution in [2.75, 3.05) is 32.9 Å². The molecule has 0 aromatic carbocycles. The molecule has 28 heavy (non-hydrogen) atoms. The smallest absolute Gasteiger partial charge is 0.0587 e. The zero-order valence-electron chi connectivity index (χ0n) is 18.6. The molecule has 7 unspecified atom stereocenters. The van der Waals surface area contributed by atoms with Gasteiger partial charge in [-0.25, -0.2) is 0 Å². The number of nitrogens with zero attached hydrogens (tertiary/aromatic N) is 1. The van der Waals surface area contributed by atoms with Crippen LogP contribution in [0, 0.1) is 29.1 Å². The Balaban J connectivity index is 1.31. The van der Waals surface area contributed by atoms with Crippen molar-refractivity contribution in [3.05, 3.63) is 0 Å². The lowest BCUT2D eigenvalue weighted by molar-refractivity contribution is -0.0730. The predicted octanol–water partition coefficient (Wildman–Crippen LogP) is 4.09. The molecule has 2 aliphatic carbocycles. The molecule has 4 nitrogen and oxygen atoms in total. The molecule has 1 aliphatic heterocycles. The standard InChI is InChI=1S/C24H45NO3/c1-18-11-21-15-24(13-18,14-19(2)20(21)3)17-28-10-6-4-5-8-25-9-7-23(27)12-22(25)16-26/h18-23,26-27H,4-17H2,1-3H3. The molecule has 4 heteroatoms. The largest absolute Gasteiger partial charge is 0.395 e. The molecule has 0 spiro atoms. The second-order valence-electron chi connectivity index (χ2n) is 10.7. The summed E-state index contributed by atoms with van der Waals surface area (Å²) in [7, 11) is 0. The van der Waals surface area contributed by atoms with Gasteiger partial charge in [0.2, 0.25) is 0 Å². The Hall–Kier alpha value is -0.160. The normalized spacial score (nSPS) is 41.9. The molecule has 0 aromatic heterocycles. The molecule has 2 N–H and O–H groups in total. The Morgan fingerprint density at radius 2 is 1.86 bits per heavy atom. The fourth-order valence-corrected chi connectivity index (χ4v) is 6.69. The van der Waals surface area contributed by atoms with E-state index in [2.05, 4.69) is 25.7 Å². The topological polar surface area (TPSA) is 52.9 Å². The first-order valence-electron chi connectivity index (χ1n) is 12.0. The van der Waals surface area contributed by atoms with Gasteiger partial charge in [-0.2, -0.15) is 0 Å². The van der Waals surface area contributed by atoms with Crippen molar-refractivity contribution < 1.29 is 14.9 Å². The highest BCUT2D eigenvalue weighted by atomic mass is 16.5. The van der Waals surface area contributed by atoms with Crippen LogP contribution in [-0.4, -0.2) is 60.2 Å². The van der Waals surface area contributed by atoms with Gasteiger partial charge in [0.25, 0.3) is 0 Å². The predicted molar refractivity (Wildman–Crippen MR) is 114 cm³/mol. The average molecular weight is 396 g/mol. The second kappa shape index (κ2) is 10.2. The van der Waals surface area contributed by atoms with Crippen LogP contribution in [0.5, 0.6) is 0 Å². The van der Waals surface area contributed by atoms with Gasteiger partial charge in [-0.15, -0.1) is 0 Å². The maximum atomic E-state index is 9.76. The van der Waals surface area contributed by atoms with Crippen molar-refractivity contribution in [1.29, 1.82) is 0 Å². The van der Waals surface area contributed by atoms with Gasteiger partial charge in [0.05, 0.1) is 19.3 Å². The number of hydrogen-bond acceptors (Lipinski definition) is 4. The van der Waals surface area contributed by atoms with E-state index in [1.165, 1.54) is 32.1 Å². The third kappa shape index (κ3) is 5.71. The third-order valence-corrected chi connectivity index (χ3v) is 8.24. The van der Waals surface area contributed by atoms with E-state index in [0.717, 1.165) is 75.7 Å². The molecule has 3 rings (SSSR count). The molecule has 164 valence electrons. The Labute approximate surface area is 173 Å². The summed E-state index contributed by atoms with van der Waals surface area (Å²) in [4.78, 5) is 2.36. The number of piperidine rings is 1. The van der Waals surface area contributed by atoms with Crippen molar-refractivity contribution in [2.45, 2.75) is 90.7 Å². The maximum Gasteiger partial charge on any atom is 0.0587 e. The summed E-state index contributed by atoms with van der Waals surface area (Å²) in [5, 5.41) is 19.3. The van der Waals surface area contributed by atoms with Crippen LogP contribution in [0.3, 0.4) is 0 Å². The van der Waals surface area contributed by atoms with E-state index in [9.17, 15) is 10.2 Å². The number of ether oxygens (including phenoxy) is 1. The van der Waals surface area contributed by atoms with E-state index >= 15 is 0 Å². The summed E-state index contributed by atoms with van der Waals surface area (Å²) in [6.07, 6.45) is 10.4. The van der Waals surface area contributed by atoms with E-state index in [1.807, 2.05) is 0 Å². The number of unbranched alkanes of at least 4 members (excludes halogenated alkanes) is 2. The van der Waals surface area contributed by atoms with Crippen molar-refractivity contribution >= 4 is 0 Å². The van der Waals surface area contributed by atoms with Gasteiger partial charge in [-0.1, -0.05) is 20.8 Å². The minimum absolute atomic E-state index is 0.149. The van der Waals surface area contributed by atoms with E-state index in [1.54, 1.807) is 0 Å². The highest BCUT2D eigenvalue weighted by Gasteiger charge is 2.47. The molecular formula is C24H45NO3. The van der Waals surface area contributed by atoms with Crippen LogP contribution in [-0.2, 0) is 4.74 Å². The summed E-state index contributed by atoms with van der Waals surface area (Å²) in [6.45, 7) is 11.4. The van der Waals surface area contributed by atoms with Gasteiger partial charge >= 0.3 is 0 Å². The number of rotatable bonds is 9. The van der Waals surface area contributed by atoms with Gasteiger partial charge in [-0.05, 0) is 93.4 Å². The molecule has 7 atom stereocenters.